The zero-order valence-corrected chi connectivity index (χ0v) is 7.23. The maximum Gasteiger partial charge on any atom is 0.418 e. The first-order chi connectivity index (χ1) is 6.84. The van der Waals surface area contributed by atoms with E-state index in [4.69, 9.17) is 5.11 Å². The first kappa shape index (κ1) is 11.4. The Bertz CT molecular complexity index is 378. The topological polar surface area (TPSA) is 63.4 Å². The lowest BCUT2D eigenvalue weighted by molar-refractivity contribution is -0.387. The van der Waals surface area contributed by atoms with Crippen LogP contribution in [0, 0.1) is 10.1 Å². The molecule has 82 valence electrons. The number of hydrogen-bond donors (Lipinski definition) is 1. The Morgan fingerprint density at radius 2 is 1.87 bits per heavy atom. The van der Waals surface area contributed by atoms with Gasteiger partial charge in [-0.1, -0.05) is 12.1 Å². The molecule has 0 aliphatic carbocycles. The number of benzene rings is 1. The zero-order chi connectivity index (χ0) is 11.6. The van der Waals surface area contributed by atoms with Gasteiger partial charge in [0.1, 0.15) is 0 Å². The molecular weight excluding hydrogens is 215 g/mol. The fourth-order valence-corrected chi connectivity index (χ4v) is 1.06. The quantitative estimate of drug-likeness (QED) is 0.615. The number of nitrogens with zero attached hydrogens (tertiary/aromatic N) is 1. The molecule has 0 saturated carbocycles. The molecule has 15 heavy (non-hydrogen) atoms. The Hall–Kier alpha value is -1.63. The van der Waals surface area contributed by atoms with Crippen LogP contribution in [-0.2, 0) is 0 Å². The Labute approximate surface area is 82.1 Å². The Kier molecular flexibility index (Phi) is 2.94. The molecular formula is C8H6F3NO3. The van der Waals surface area contributed by atoms with Gasteiger partial charge in [0.05, 0.1) is 10.5 Å². The third kappa shape index (κ3) is 2.44. The van der Waals surface area contributed by atoms with Crippen LogP contribution in [-0.4, -0.2) is 16.2 Å². The Balaban J connectivity index is 3.19. The average molecular weight is 221 g/mol. The smallest absolute Gasteiger partial charge is 0.379 e. The van der Waals surface area contributed by atoms with Gasteiger partial charge in [-0.2, -0.15) is 13.2 Å². The van der Waals surface area contributed by atoms with Crippen LogP contribution in [0.3, 0.4) is 0 Å². The summed E-state index contributed by atoms with van der Waals surface area (Å²) in [5.74, 6) is 0. The molecule has 0 aliphatic heterocycles. The highest BCUT2D eigenvalue weighted by molar-refractivity contribution is 5.41. The molecule has 0 heterocycles. The van der Waals surface area contributed by atoms with Crippen molar-refractivity contribution >= 4 is 5.69 Å². The summed E-state index contributed by atoms with van der Waals surface area (Å²) in [5.41, 5.74) is -1.50. The highest BCUT2D eigenvalue weighted by Gasteiger charge is 2.42. The predicted octanol–water partition coefficient (Wildman–Crippen LogP) is 2.19. The van der Waals surface area contributed by atoms with Crippen molar-refractivity contribution in [3.05, 3.63) is 39.9 Å². The predicted molar refractivity (Wildman–Crippen MR) is 44.1 cm³/mol. The first-order valence-corrected chi connectivity index (χ1v) is 3.82. The van der Waals surface area contributed by atoms with Gasteiger partial charge in [-0.05, 0) is 6.07 Å². The van der Waals surface area contributed by atoms with E-state index in [0.29, 0.717) is 0 Å². The Morgan fingerprint density at radius 1 is 1.33 bits per heavy atom. The SMILES string of the molecule is O=[N+]([O-])c1ccccc1[C@H](O)C(F)(F)F. The van der Waals surface area contributed by atoms with E-state index in [9.17, 15) is 23.3 Å². The Morgan fingerprint density at radius 3 is 2.33 bits per heavy atom. The molecule has 0 saturated heterocycles. The number of rotatable bonds is 2. The molecule has 1 aromatic carbocycles. The van der Waals surface area contributed by atoms with Gasteiger partial charge in [-0.15, -0.1) is 0 Å². The molecule has 7 heteroatoms. The van der Waals surface area contributed by atoms with E-state index in [1.807, 2.05) is 0 Å². The average Bonchev–Trinajstić information content (AvgIpc) is 2.15. The molecule has 0 radical (unpaired) electrons. The maximum absolute atomic E-state index is 12.1. The number of nitro groups is 1. The fraction of sp³-hybridized carbons (Fsp3) is 0.250. The van der Waals surface area contributed by atoms with E-state index in [-0.39, 0.29) is 0 Å². The summed E-state index contributed by atoms with van der Waals surface area (Å²) in [6.07, 6.45) is -7.74. The van der Waals surface area contributed by atoms with E-state index in [0.717, 1.165) is 12.1 Å². The van der Waals surface area contributed by atoms with Crippen molar-refractivity contribution in [1.29, 1.82) is 0 Å². The molecule has 0 aromatic heterocycles. The summed E-state index contributed by atoms with van der Waals surface area (Å²) in [6, 6.07) is 4.20. The van der Waals surface area contributed by atoms with E-state index < -0.39 is 28.5 Å². The minimum Gasteiger partial charge on any atom is -0.379 e. The molecule has 0 amide bonds. The zero-order valence-electron chi connectivity index (χ0n) is 7.23. The van der Waals surface area contributed by atoms with Gasteiger partial charge in [-0.25, -0.2) is 0 Å². The van der Waals surface area contributed by atoms with Crippen LogP contribution in [0.15, 0.2) is 24.3 Å². The molecule has 0 unspecified atom stereocenters. The number of halogens is 3. The van der Waals surface area contributed by atoms with Crippen LogP contribution in [0.5, 0.6) is 0 Å². The largest absolute Gasteiger partial charge is 0.418 e. The molecule has 0 fully saturated rings. The van der Waals surface area contributed by atoms with Crippen LogP contribution in [0.25, 0.3) is 0 Å². The molecule has 0 bridgehead atoms. The van der Waals surface area contributed by atoms with Crippen molar-refractivity contribution in [2.24, 2.45) is 0 Å². The van der Waals surface area contributed by atoms with Crippen molar-refractivity contribution < 1.29 is 23.2 Å². The van der Waals surface area contributed by atoms with E-state index >= 15 is 0 Å². The highest BCUT2D eigenvalue weighted by Crippen LogP contribution is 2.36. The third-order valence-corrected chi connectivity index (χ3v) is 1.74. The lowest BCUT2D eigenvalue weighted by Gasteiger charge is -2.14. The van der Waals surface area contributed by atoms with Gasteiger partial charge in [0, 0.05) is 6.07 Å². The lowest BCUT2D eigenvalue weighted by Crippen LogP contribution is -2.21. The molecule has 1 atom stereocenters. The van der Waals surface area contributed by atoms with Crippen molar-refractivity contribution in [3.63, 3.8) is 0 Å². The van der Waals surface area contributed by atoms with E-state index in [1.165, 1.54) is 12.1 Å². The number of aliphatic hydroxyl groups excluding tert-OH is 1. The molecule has 1 aromatic rings. The summed E-state index contributed by atoms with van der Waals surface area (Å²) < 4.78 is 36.3. The van der Waals surface area contributed by atoms with Crippen molar-refractivity contribution in [3.8, 4) is 0 Å². The summed E-state index contributed by atoms with van der Waals surface area (Å²) in [5, 5.41) is 19.2. The minimum atomic E-state index is -4.91. The van der Waals surface area contributed by atoms with E-state index in [1.54, 1.807) is 0 Å². The normalized spacial score (nSPS) is 13.6. The van der Waals surface area contributed by atoms with E-state index in [2.05, 4.69) is 0 Å². The fourth-order valence-electron chi connectivity index (χ4n) is 1.06. The summed E-state index contributed by atoms with van der Waals surface area (Å²) in [7, 11) is 0. The van der Waals surface area contributed by atoms with Gasteiger partial charge in [-0.3, -0.25) is 10.1 Å². The van der Waals surface area contributed by atoms with Crippen LogP contribution >= 0.6 is 0 Å². The number of aliphatic hydroxyl groups is 1. The van der Waals surface area contributed by atoms with Crippen molar-refractivity contribution in [2.75, 3.05) is 0 Å². The maximum atomic E-state index is 12.1. The number of nitro benzene ring substituents is 1. The van der Waals surface area contributed by atoms with Crippen LogP contribution in [0.1, 0.15) is 11.7 Å². The number of para-hydroxylation sites is 1. The van der Waals surface area contributed by atoms with Crippen LogP contribution in [0.2, 0.25) is 0 Å². The van der Waals surface area contributed by atoms with Crippen LogP contribution in [0.4, 0.5) is 18.9 Å². The minimum absolute atomic E-state index is 0.748. The summed E-state index contributed by atoms with van der Waals surface area (Å²) in [4.78, 5) is 9.41. The summed E-state index contributed by atoms with van der Waals surface area (Å²) >= 11 is 0. The van der Waals surface area contributed by atoms with Gasteiger partial charge >= 0.3 is 6.18 Å². The molecule has 1 rings (SSSR count). The van der Waals surface area contributed by atoms with Gasteiger partial charge in [0.2, 0.25) is 0 Å². The second-order valence-electron chi connectivity index (χ2n) is 2.76. The highest BCUT2D eigenvalue weighted by atomic mass is 19.4. The van der Waals surface area contributed by atoms with Crippen molar-refractivity contribution in [1.82, 2.24) is 0 Å². The second kappa shape index (κ2) is 3.85. The van der Waals surface area contributed by atoms with Gasteiger partial charge < -0.3 is 5.11 Å². The number of hydrogen-bond acceptors (Lipinski definition) is 3. The molecule has 4 nitrogen and oxygen atoms in total. The number of alkyl halides is 3. The van der Waals surface area contributed by atoms with Gasteiger partial charge in [0.15, 0.2) is 6.10 Å². The second-order valence-corrected chi connectivity index (χ2v) is 2.76. The van der Waals surface area contributed by atoms with Crippen LogP contribution < -0.4 is 0 Å². The van der Waals surface area contributed by atoms with Gasteiger partial charge in [0.25, 0.3) is 5.69 Å². The monoisotopic (exact) mass is 221 g/mol. The molecule has 1 N–H and O–H groups in total. The first-order valence-electron chi connectivity index (χ1n) is 3.82. The lowest BCUT2D eigenvalue weighted by atomic mass is 10.1. The molecule has 0 spiro atoms. The summed E-state index contributed by atoms with van der Waals surface area (Å²) in [6.45, 7) is 0. The standard InChI is InChI=1S/C8H6F3NO3/c9-8(10,11)7(13)5-3-1-2-4-6(5)12(14)15/h1-4,7,13H/t7-/m0/s1. The van der Waals surface area contributed by atoms with Crippen molar-refractivity contribution in [2.45, 2.75) is 12.3 Å². The molecule has 0 aliphatic rings. The third-order valence-electron chi connectivity index (χ3n) is 1.74.